The van der Waals surface area contributed by atoms with Gasteiger partial charge in [0.15, 0.2) is 0 Å². The quantitative estimate of drug-likeness (QED) is 0.0889. The van der Waals surface area contributed by atoms with Crippen molar-refractivity contribution in [1.29, 1.82) is 0 Å². The lowest BCUT2D eigenvalue weighted by Crippen LogP contribution is -2.33. The fourth-order valence-electron chi connectivity index (χ4n) is 7.42. The first-order chi connectivity index (χ1) is 22.0. The van der Waals surface area contributed by atoms with Gasteiger partial charge in [0.2, 0.25) is 0 Å². The topological polar surface area (TPSA) is 50.4 Å². The number of nitrogens with two attached hydrogens (primary N) is 1. The Morgan fingerprint density at radius 3 is 2.16 bits per heavy atom. The Morgan fingerprint density at radius 2 is 1.31 bits per heavy atom. The average molecular weight is 582 g/mol. The predicted molar refractivity (Wildman–Crippen MR) is 190 cm³/mol. The molecule has 0 bridgehead atoms. The van der Waals surface area contributed by atoms with Crippen LogP contribution in [-0.2, 0) is 5.41 Å². The van der Waals surface area contributed by atoms with Gasteiger partial charge in [-0.2, -0.15) is 0 Å². The van der Waals surface area contributed by atoms with Crippen LogP contribution < -0.4 is 11.1 Å². The molecule has 0 saturated heterocycles. The van der Waals surface area contributed by atoms with Crippen molar-refractivity contribution >= 4 is 38.5 Å². The summed E-state index contributed by atoms with van der Waals surface area (Å²) in [6.07, 6.45) is 1.30. The van der Waals surface area contributed by atoms with Crippen LogP contribution >= 0.6 is 0 Å². The molecule has 0 radical (unpaired) electrons. The van der Waals surface area contributed by atoms with E-state index in [1.54, 1.807) is 0 Å². The summed E-state index contributed by atoms with van der Waals surface area (Å²) in [5.74, 6) is 0. The number of nitrogens with zero attached hydrogens (tertiary/aromatic N) is 1. The minimum atomic E-state index is -0.402. The Labute approximate surface area is 264 Å². The van der Waals surface area contributed by atoms with Crippen molar-refractivity contribution in [2.75, 3.05) is 0 Å². The molecule has 2 atom stereocenters. The first kappa shape index (κ1) is 27.5. The first-order valence-electron chi connectivity index (χ1n) is 15.7. The average Bonchev–Trinajstić information content (AvgIpc) is 3.32. The summed E-state index contributed by atoms with van der Waals surface area (Å²) >= 11 is 0. The van der Waals surface area contributed by atoms with Crippen LogP contribution in [0.2, 0.25) is 0 Å². The predicted octanol–water partition coefficient (Wildman–Crippen LogP) is 9.82. The van der Waals surface area contributed by atoms with E-state index < -0.39 is 6.17 Å². The largest absolute Gasteiger partial charge is 0.312 e. The van der Waals surface area contributed by atoms with Gasteiger partial charge in [-0.05, 0) is 71.8 Å². The summed E-state index contributed by atoms with van der Waals surface area (Å²) in [4.78, 5) is 5.43. The number of hydrogen-bond donors (Lipinski definition) is 2. The van der Waals surface area contributed by atoms with Crippen LogP contribution in [0, 0.1) is 0 Å². The van der Waals surface area contributed by atoms with E-state index in [1.165, 1.54) is 54.6 Å². The van der Waals surface area contributed by atoms with Crippen molar-refractivity contribution in [1.82, 2.24) is 5.32 Å². The van der Waals surface area contributed by atoms with E-state index in [0.29, 0.717) is 0 Å². The van der Waals surface area contributed by atoms with Gasteiger partial charge in [-0.3, -0.25) is 10.3 Å². The van der Waals surface area contributed by atoms with Crippen LogP contribution in [-0.4, -0.2) is 6.21 Å². The molecule has 0 saturated carbocycles. The molecule has 8 rings (SSSR count). The van der Waals surface area contributed by atoms with Crippen molar-refractivity contribution < 1.29 is 0 Å². The van der Waals surface area contributed by atoms with Crippen LogP contribution in [0.3, 0.4) is 0 Å². The maximum Gasteiger partial charge on any atom is 0.127 e. The van der Waals surface area contributed by atoms with E-state index >= 15 is 0 Å². The van der Waals surface area contributed by atoms with Gasteiger partial charge >= 0.3 is 0 Å². The van der Waals surface area contributed by atoms with Crippen molar-refractivity contribution in [2.45, 2.75) is 31.6 Å². The van der Waals surface area contributed by atoms with E-state index in [9.17, 15) is 0 Å². The number of benzene rings is 7. The van der Waals surface area contributed by atoms with Crippen molar-refractivity contribution in [3.63, 3.8) is 0 Å². The number of hydrogen-bond acceptors (Lipinski definition) is 3. The summed E-state index contributed by atoms with van der Waals surface area (Å²) < 4.78 is 0. The number of rotatable bonds is 6. The molecule has 0 fully saturated rings. The summed E-state index contributed by atoms with van der Waals surface area (Å²) in [5, 5.41) is 11.0. The smallest absolute Gasteiger partial charge is 0.127 e. The number of nitrogens with one attached hydrogen (secondary N) is 1. The molecule has 2 unspecified atom stereocenters. The van der Waals surface area contributed by atoms with Gasteiger partial charge in [0.1, 0.15) is 6.17 Å². The standard InChI is InChI=1S/C42H35N3/c1-42(2)37-22-11-10-19-33(37)34-20-12-21-35(39(34)42)41(45-40(43)28-14-4-3-5-15-28)44-26-36-31-17-8-7-16-29(31)25-30-24-23-27-13-6-9-18-32(27)38(30)36/h3-26,40-41,45H,43H2,1-2H3/b44-26+. The zero-order valence-electron chi connectivity index (χ0n) is 25.5. The second-order valence-electron chi connectivity index (χ2n) is 12.6. The van der Waals surface area contributed by atoms with E-state index in [2.05, 4.69) is 147 Å². The Hall–Kier alpha value is -5.09. The van der Waals surface area contributed by atoms with Crippen LogP contribution in [0.25, 0.3) is 43.4 Å². The van der Waals surface area contributed by atoms with Gasteiger partial charge in [-0.15, -0.1) is 0 Å². The van der Waals surface area contributed by atoms with Gasteiger partial charge in [0.25, 0.3) is 0 Å². The molecule has 1 aliphatic carbocycles. The fraction of sp³-hybridized carbons (Fsp3) is 0.119. The minimum absolute atomic E-state index is 0.183. The lowest BCUT2D eigenvalue weighted by molar-refractivity contribution is 0.460. The summed E-state index contributed by atoms with van der Waals surface area (Å²) in [5.41, 5.74) is 15.2. The third-order valence-corrected chi connectivity index (χ3v) is 9.55. The molecule has 7 aromatic carbocycles. The Morgan fingerprint density at radius 1 is 0.644 bits per heavy atom. The van der Waals surface area contributed by atoms with Gasteiger partial charge in [-0.25, -0.2) is 0 Å². The zero-order valence-corrected chi connectivity index (χ0v) is 25.5. The summed E-state index contributed by atoms with van der Waals surface area (Å²) in [6, 6.07) is 49.6. The third kappa shape index (κ3) is 4.55. The molecule has 0 spiro atoms. The monoisotopic (exact) mass is 581 g/mol. The second-order valence-corrected chi connectivity index (χ2v) is 12.6. The van der Waals surface area contributed by atoms with Crippen molar-refractivity contribution in [3.05, 3.63) is 167 Å². The molecule has 7 aromatic rings. The van der Waals surface area contributed by atoms with Gasteiger partial charge < -0.3 is 5.73 Å². The van der Waals surface area contributed by atoms with Crippen LogP contribution in [0.15, 0.2) is 145 Å². The van der Waals surface area contributed by atoms with Gasteiger partial charge in [-0.1, -0.05) is 147 Å². The van der Waals surface area contributed by atoms with Crippen LogP contribution in [0.5, 0.6) is 0 Å². The highest BCUT2D eigenvalue weighted by molar-refractivity contribution is 6.21. The maximum absolute atomic E-state index is 6.87. The summed E-state index contributed by atoms with van der Waals surface area (Å²) in [7, 11) is 0. The SMILES string of the molecule is CC1(C)c2ccccc2-c2cccc(C(/N=C/c3c4ccccc4cc4ccc5ccccc5c34)NC(N)c3ccccc3)c21. The number of aliphatic imine (C=N–C) groups is 1. The molecule has 0 aliphatic heterocycles. The normalized spacial score (nSPS) is 15.0. The highest BCUT2D eigenvalue weighted by atomic mass is 15.1. The maximum atomic E-state index is 6.87. The molecule has 3 N–H and O–H groups in total. The molecular formula is C42H35N3. The molecular weight excluding hydrogens is 546 g/mol. The fourth-order valence-corrected chi connectivity index (χ4v) is 7.42. The molecule has 0 heterocycles. The van der Waals surface area contributed by atoms with Gasteiger partial charge in [0, 0.05) is 17.2 Å². The van der Waals surface area contributed by atoms with Crippen molar-refractivity contribution in [3.8, 4) is 11.1 Å². The van der Waals surface area contributed by atoms with Crippen LogP contribution in [0.1, 0.15) is 54.0 Å². The minimum Gasteiger partial charge on any atom is -0.312 e. The third-order valence-electron chi connectivity index (χ3n) is 9.55. The Balaban J connectivity index is 1.35. The van der Waals surface area contributed by atoms with Crippen molar-refractivity contribution in [2.24, 2.45) is 10.7 Å². The number of fused-ring (bicyclic) bond motifs is 7. The zero-order chi connectivity index (χ0) is 30.5. The van der Waals surface area contributed by atoms with E-state index in [0.717, 1.165) is 16.7 Å². The van der Waals surface area contributed by atoms with E-state index in [1.807, 2.05) is 18.2 Å². The Kier molecular flexibility index (Phi) is 6.60. The highest BCUT2D eigenvalue weighted by Gasteiger charge is 2.38. The highest BCUT2D eigenvalue weighted by Crippen LogP contribution is 2.51. The van der Waals surface area contributed by atoms with Gasteiger partial charge in [0.05, 0.1) is 6.17 Å². The van der Waals surface area contributed by atoms with E-state index in [4.69, 9.17) is 10.7 Å². The van der Waals surface area contributed by atoms with Crippen LogP contribution in [0.4, 0.5) is 0 Å². The summed E-state index contributed by atoms with van der Waals surface area (Å²) in [6.45, 7) is 4.65. The molecule has 0 aromatic heterocycles. The first-order valence-corrected chi connectivity index (χ1v) is 15.7. The second kappa shape index (κ2) is 10.8. The van der Waals surface area contributed by atoms with E-state index in [-0.39, 0.29) is 11.6 Å². The molecule has 218 valence electrons. The molecule has 45 heavy (non-hydrogen) atoms. The molecule has 0 amide bonds. The lowest BCUT2D eigenvalue weighted by Gasteiger charge is -2.28. The lowest BCUT2D eigenvalue weighted by atomic mass is 9.79. The molecule has 3 heteroatoms. The Bertz CT molecular complexity index is 2250. The molecule has 1 aliphatic rings. The molecule has 3 nitrogen and oxygen atoms in total.